The van der Waals surface area contributed by atoms with Crippen LogP contribution in [0.15, 0.2) is 59.1 Å². The molecule has 1 amide bonds. The van der Waals surface area contributed by atoms with Gasteiger partial charge in [0.05, 0.1) is 4.92 Å². The normalized spacial score (nSPS) is 11.0. The molecule has 1 N–H and O–H groups in total. The highest BCUT2D eigenvalue weighted by molar-refractivity contribution is 5.71. The Balaban J connectivity index is 1.67. The van der Waals surface area contributed by atoms with Crippen molar-refractivity contribution in [2.24, 2.45) is 0 Å². The molecule has 3 rings (SSSR count). The first kappa shape index (κ1) is 18.1. The number of nitro benzene ring substituents is 1. The lowest BCUT2D eigenvalue weighted by molar-refractivity contribution is -0.384. The predicted molar refractivity (Wildman–Crippen MR) is 95.0 cm³/mol. The summed E-state index contributed by atoms with van der Waals surface area (Å²) in [5, 5.41) is 17.2. The largest absolute Gasteiger partial charge is 0.413 e. The number of hydrogen-bond acceptors (Lipinski definition) is 7. The van der Waals surface area contributed by atoms with Crippen molar-refractivity contribution in [1.82, 2.24) is 15.5 Å². The van der Waals surface area contributed by atoms with E-state index < -0.39 is 16.6 Å². The van der Waals surface area contributed by atoms with E-state index in [0.29, 0.717) is 5.82 Å². The van der Waals surface area contributed by atoms with Crippen LogP contribution in [-0.2, 0) is 5.54 Å². The third kappa shape index (κ3) is 4.27. The summed E-state index contributed by atoms with van der Waals surface area (Å²) in [6.45, 7) is 3.37. The van der Waals surface area contributed by atoms with Gasteiger partial charge in [0.15, 0.2) is 0 Å². The van der Waals surface area contributed by atoms with Gasteiger partial charge < -0.3 is 14.6 Å². The van der Waals surface area contributed by atoms with E-state index in [-0.39, 0.29) is 17.3 Å². The maximum absolute atomic E-state index is 12.1. The Morgan fingerprint density at radius 3 is 2.44 bits per heavy atom. The number of carbonyl (C=O) groups is 1. The van der Waals surface area contributed by atoms with Crippen LogP contribution >= 0.6 is 0 Å². The minimum absolute atomic E-state index is 0.0950. The van der Waals surface area contributed by atoms with Crippen molar-refractivity contribution in [3.8, 4) is 17.1 Å². The molecule has 0 aliphatic heterocycles. The van der Waals surface area contributed by atoms with Crippen LogP contribution in [0.1, 0.15) is 19.7 Å². The number of amides is 1. The first-order chi connectivity index (χ1) is 12.8. The third-order valence-electron chi connectivity index (χ3n) is 3.67. The van der Waals surface area contributed by atoms with Gasteiger partial charge in [-0.15, -0.1) is 0 Å². The van der Waals surface area contributed by atoms with Crippen molar-refractivity contribution in [2.75, 3.05) is 0 Å². The number of nitrogens with zero attached hydrogens (tertiary/aromatic N) is 3. The van der Waals surface area contributed by atoms with E-state index in [0.717, 1.165) is 5.56 Å². The van der Waals surface area contributed by atoms with E-state index in [4.69, 9.17) is 9.26 Å². The molecule has 0 atom stereocenters. The molecule has 0 saturated carbocycles. The fourth-order valence-corrected chi connectivity index (χ4v) is 2.26. The minimum Gasteiger partial charge on any atom is -0.410 e. The molecule has 138 valence electrons. The van der Waals surface area contributed by atoms with Crippen LogP contribution in [-0.4, -0.2) is 21.2 Å². The molecular weight excluding hydrogens is 352 g/mol. The molecule has 1 aromatic heterocycles. The number of hydrogen-bond donors (Lipinski definition) is 1. The molecule has 1 heterocycles. The molecule has 2 aromatic carbocycles. The Labute approximate surface area is 154 Å². The van der Waals surface area contributed by atoms with Gasteiger partial charge in [0.2, 0.25) is 5.82 Å². The van der Waals surface area contributed by atoms with Gasteiger partial charge in [0.1, 0.15) is 11.3 Å². The number of non-ortho nitro benzene ring substituents is 1. The van der Waals surface area contributed by atoms with Crippen LogP contribution in [0, 0.1) is 10.1 Å². The van der Waals surface area contributed by atoms with Gasteiger partial charge in [0.25, 0.3) is 11.6 Å². The van der Waals surface area contributed by atoms with Gasteiger partial charge in [-0.2, -0.15) is 4.98 Å². The van der Waals surface area contributed by atoms with Crippen LogP contribution in [0.4, 0.5) is 10.5 Å². The molecular formula is C18H16N4O5. The maximum Gasteiger partial charge on any atom is 0.413 e. The van der Waals surface area contributed by atoms with Crippen LogP contribution in [0.2, 0.25) is 0 Å². The van der Waals surface area contributed by atoms with Gasteiger partial charge in [-0.05, 0) is 26.0 Å². The molecule has 0 unspecified atom stereocenters. The minimum atomic E-state index is -0.988. The van der Waals surface area contributed by atoms with Crippen molar-refractivity contribution < 1.29 is 19.0 Å². The predicted octanol–water partition coefficient (Wildman–Crippen LogP) is 3.67. The molecule has 0 aliphatic rings. The monoisotopic (exact) mass is 368 g/mol. The molecule has 3 aromatic rings. The Morgan fingerprint density at radius 1 is 1.15 bits per heavy atom. The quantitative estimate of drug-likeness (QED) is 0.539. The average molecular weight is 368 g/mol. The third-order valence-corrected chi connectivity index (χ3v) is 3.67. The number of benzene rings is 2. The first-order valence-electron chi connectivity index (χ1n) is 7.99. The Bertz CT molecular complexity index is 951. The molecule has 0 bridgehead atoms. The fraction of sp³-hybridized carbons (Fsp3) is 0.167. The van der Waals surface area contributed by atoms with Gasteiger partial charge >= 0.3 is 6.09 Å². The standard InChI is InChI=1S/C18H16N4O5/c1-18(2,16-19-15(21-27-16)12-6-4-3-5-7-12)20-17(23)26-14-10-8-13(9-11-14)22(24)25/h3-11H,1-2H3,(H,20,23). The second-order valence-electron chi connectivity index (χ2n) is 6.18. The zero-order valence-electron chi connectivity index (χ0n) is 14.6. The number of carbonyl (C=O) groups excluding carboxylic acids is 1. The lowest BCUT2D eigenvalue weighted by atomic mass is 10.1. The summed E-state index contributed by atoms with van der Waals surface area (Å²) in [7, 11) is 0. The number of ether oxygens (including phenoxy) is 1. The van der Waals surface area contributed by atoms with Crippen LogP contribution in [0.3, 0.4) is 0 Å². The van der Waals surface area contributed by atoms with E-state index in [1.165, 1.54) is 24.3 Å². The molecule has 9 heteroatoms. The van der Waals surface area contributed by atoms with E-state index in [1.54, 1.807) is 13.8 Å². The maximum atomic E-state index is 12.1. The average Bonchev–Trinajstić information content (AvgIpc) is 3.13. The summed E-state index contributed by atoms with van der Waals surface area (Å²) in [6, 6.07) is 14.5. The van der Waals surface area contributed by atoms with Crippen LogP contribution < -0.4 is 10.1 Å². The van der Waals surface area contributed by atoms with Crippen molar-refractivity contribution >= 4 is 11.8 Å². The molecule has 0 spiro atoms. The molecule has 0 fully saturated rings. The molecule has 27 heavy (non-hydrogen) atoms. The van der Waals surface area contributed by atoms with Crippen molar-refractivity contribution in [3.05, 3.63) is 70.6 Å². The lowest BCUT2D eigenvalue weighted by Gasteiger charge is -2.21. The van der Waals surface area contributed by atoms with E-state index >= 15 is 0 Å². The Hall–Kier alpha value is -3.75. The summed E-state index contributed by atoms with van der Waals surface area (Å²) < 4.78 is 10.4. The highest BCUT2D eigenvalue weighted by atomic mass is 16.6. The summed E-state index contributed by atoms with van der Waals surface area (Å²) in [5.41, 5.74) is -0.295. The first-order valence-corrected chi connectivity index (χ1v) is 7.99. The second-order valence-corrected chi connectivity index (χ2v) is 6.18. The lowest BCUT2D eigenvalue weighted by Crippen LogP contribution is -2.42. The van der Waals surface area contributed by atoms with Gasteiger partial charge in [0, 0.05) is 17.7 Å². The summed E-state index contributed by atoms with van der Waals surface area (Å²) >= 11 is 0. The highest BCUT2D eigenvalue weighted by Crippen LogP contribution is 2.23. The molecule has 0 saturated heterocycles. The summed E-state index contributed by atoms with van der Waals surface area (Å²) in [4.78, 5) is 26.6. The number of nitrogens with one attached hydrogen (secondary N) is 1. The van der Waals surface area contributed by atoms with Crippen molar-refractivity contribution in [3.63, 3.8) is 0 Å². The van der Waals surface area contributed by atoms with E-state index in [9.17, 15) is 14.9 Å². The van der Waals surface area contributed by atoms with E-state index in [2.05, 4.69) is 15.5 Å². The van der Waals surface area contributed by atoms with Gasteiger partial charge in [-0.3, -0.25) is 10.1 Å². The fourth-order valence-electron chi connectivity index (χ4n) is 2.26. The van der Waals surface area contributed by atoms with Gasteiger partial charge in [-0.25, -0.2) is 4.79 Å². The zero-order chi connectivity index (χ0) is 19.4. The van der Waals surface area contributed by atoms with Crippen molar-refractivity contribution in [1.29, 1.82) is 0 Å². The SMILES string of the molecule is CC(C)(NC(=O)Oc1ccc([N+](=O)[O-])cc1)c1nc(-c2ccccc2)no1. The highest BCUT2D eigenvalue weighted by Gasteiger charge is 2.30. The number of aromatic nitrogens is 2. The van der Waals surface area contributed by atoms with Crippen LogP contribution in [0.25, 0.3) is 11.4 Å². The molecule has 0 radical (unpaired) electrons. The van der Waals surface area contributed by atoms with E-state index in [1.807, 2.05) is 30.3 Å². The summed E-state index contributed by atoms with van der Waals surface area (Å²) in [6.07, 6.45) is -0.756. The smallest absolute Gasteiger partial charge is 0.410 e. The Morgan fingerprint density at radius 2 is 1.81 bits per heavy atom. The number of rotatable bonds is 5. The van der Waals surface area contributed by atoms with Crippen LogP contribution in [0.5, 0.6) is 5.75 Å². The summed E-state index contributed by atoms with van der Waals surface area (Å²) in [5.74, 6) is 0.788. The topological polar surface area (TPSA) is 120 Å². The van der Waals surface area contributed by atoms with Gasteiger partial charge in [-0.1, -0.05) is 35.5 Å². The number of nitro groups is 1. The second kappa shape index (κ2) is 7.24. The zero-order valence-corrected chi connectivity index (χ0v) is 14.6. The molecule has 0 aliphatic carbocycles. The Kier molecular flexibility index (Phi) is 4.84. The molecule has 9 nitrogen and oxygen atoms in total. The van der Waals surface area contributed by atoms with Crippen molar-refractivity contribution in [2.45, 2.75) is 19.4 Å².